The first kappa shape index (κ1) is 16.1. The summed E-state index contributed by atoms with van der Waals surface area (Å²) in [6, 6.07) is 6.22. The SMILES string of the molecule is CCCNC(=O)C(C)NCCc1ccc([N+](=O)[O-])cc1. The zero-order valence-corrected chi connectivity index (χ0v) is 11.9. The number of carbonyl (C=O) groups excluding carboxylic acids is 1. The van der Waals surface area contributed by atoms with Crippen molar-refractivity contribution >= 4 is 11.6 Å². The van der Waals surface area contributed by atoms with E-state index in [-0.39, 0.29) is 17.6 Å². The highest BCUT2D eigenvalue weighted by Gasteiger charge is 2.10. The van der Waals surface area contributed by atoms with Gasteiger partial charge in [-0.15, -0.1) is 0 Å². The van der Waals surface area contributed by atoms with Crippen molar-refractivity contribution in [1.82, 2.24) is 10.6 Å². The quantitative estimate of drug-likeness (QED) is 0.559. The first-order valence-electron chi connectivity index (χ1n) is 6.79. The van der Waals surface area contributed by atoms with Crippen LogP contribution in [0.2, 0.25) is 0 Å². The van der Waals surface area contributed by atoms with Gasteiger partial charge in [-0.25, -0.2) is 0 Å². The zero-order valence-electron chi connectivity index (χ0n) is 11.9. The summed E-state index contributed by atoms with van der Waals surface area (Å²) in [5, 5.41) is 16.5. The smallest absolute Gasteiger partial charge is 0.269 e. The number of amides is 1. The van der Waals surface area contributed by atoms with E-state index in [1.54, 1.807) is 12.1 Å². The van der Waals surface area contributed by atoms with E-state index in [1.807, 2.05) is 13.8 Å². The van der Waals surface area contributed by atoms with Crippen molar-refractivity contribution in [3.63, 3.8) is 0 Å². The van der Waals surface area contributed by atoms with Crippen LogP contribution >= 0.6 is 0 Å². The number of nitro groups is 1. The average Bonchev–Trinajstić information content (AvgIpc) is 2.45. The molecule has 0 fully saturated rings. The number of hydrogen-bond donors (Lipinski definition) is 2. The fourth-order valence-corrected chi connectivity index (χ4v) is 1.71. The fourth-order valence-electron chi connectivity index (χ4n) is 1.71. The van der Waals surface area contributed by atoms with Gasteiger partial charge in [0.1, 0.15) is 0 Å². The van der Waals surface area contributed by atoms with Crippen LogP contribution in [0.15, 0.2) is 24.3 Å². The van der Waals surface area contributed by atoms with E-state index in [0.717, 1.165) is 18.4 Å². The lowest BCUT2D eigenvalue weighted by Crippen LogP contribution is -2.43. The third kappa shape index (κ3) is 5.36. The topological polar surface area (TPSA) is 84.3 Å². The molecular formula is C14H21N3O3. The summed E-state index contributed by atoms with van der Waals surface area (Å²) < 4.78 is 0. The van der Waals surface area contributed by atoms with Crippen LogP contribution in [-0.2, 0) is 11.2 Å². The molecule has 6 nitrogen and oxygen atoms in total. The van der Waals surface area contributed by atoms with E-state index in [2.05, 4.69) is 10.6 Å². The van der Waals surface area contributed by atoms with Crippen molar-refractivity contribution in [1.29, 1.82) is 0 Å². The number of benzene rings is 1. The largest absolute Gasteiger partial charge is 0.355 e. The normalized spacial score (nSPS) is 11.9. The molecule has 0 heterocycles. The van der Waals surface area contributed by atoms with Crippen LogP contribution in [0, 0.1) is 10.1 Å². The monoisotopic (exact) mass is 279 g/mol. The molecule has 0 aliphatic rings. The van der Waals surface area contributed by atoms with E-state index in [1.165, 1.54) is 12.1 Å². The van der Waals surface area contributed by atoms with Crippen molar-refractivity contribution < 1.29 is 9.72 Å². The van der Waals surface area contributed by atoms with Gasteiger partial charge in [0.25, 0.3) is 5.69 Å². The van der Waals surface area contributed by atoms with Gasteiger partial charge in [0.15, 0.2) is 0 Å². The molecule has 0 aromatic heterocycles. The highest BCUT2D eigenvalue weighted by atomic mass is 16.6. The molecule has 0 radical (unpaired) electrons. The summed E-state index contributed by atoms with van der Waals surface area (Å²) in [7, 11) is 0. The minimum Gasteiger partial charge on any atom is -0.355 e. The molecule has 0 bridgehead atoms. The second-order valence-corrected chi connectivity index (χ2v) is 4.64. The summed E-state index contributed by atoms with van der Waals surface area (Å²) in [6.45, 7) is 5.17. The van der Waals surface area contributed by atoms with Gasteiger partial charge in [-0.05, 0) is 31.9 Å². The van der Waals surface area contributed by atoms with Gasteiger partial charge in [0, 0.05) is 18.7 Å². The summed E-state index contributed by atoms with van der Waals surface area (Å²) in [4.78, 5) is 21.7. The third-order valence-corrected chi connectivity index (χ3v) is 2.95. The van der Waals surface area contributed by atoms with Crippen LogP contribution in [0.25, 0.3) is 0 Å². The van der Waals surface area contributed by atoms with Gasteiger partial charge in [0.2, 0.25) is 5.91 Å². The second kappa shape index (κ2) is 8.27. The highest BCUT2D eigenvalue weighted by Crippen LogP contribution is 2.11. The lowest BCUT2D eigenvalue weighted by molar-refractivity contribution is -0.384. The van der Waals surface area contributed by atoms with Crippen LogP contribution in [0.3, 0.4) is 0 Å². The Kier molecular flexibility index (Phi) is 6.66. The third-order valence-electron chi connectivity index (χ3n) is 2.95. The Labute approximate surface area is 118 Å². The lowest BCUT2D eigenvalue weighted by atomic mass is 10.1. The number of nitrogens with zero attached hydrogens (tertiary/aromatic N) is 1. The molecule has 20 heavy (non-hydrogen) atoms. The number of hydrogen-bond acceptors (Lipinski definition) is 4. The molecule has 1 amide bonds. The zero-order chi connectivity index (χ0) is 15.0. The Morgan fingerprint density at radius 2 is 1.95 bits per heavy atom. The maximum Gasteiger partial charge on any atom is 0.269 e. The van der Waals surface area contributed by atoms with Gasteiger partial charge < -0.3 is 10.6 Å². The first-order chi connectivity index (χ1) is 9.54. The highest BCUT2D eigenvalue weighted by molar-refractivity contribution is 5.81. The van der Waals surface area contributed by atoms with Gasteiger partial charge >= 0.3 is 0 Å². The van der Waals surface area contributed by atoms with Crippen LogP contribution in [0.5, 0.6) is 0 Å². The predicted molar refractivity (Wildman–Crippen MR) is 77.6 cm³/mol. The molecule has 6 heteroatoms. The van der Waals surface area contributed by atoms with Crippen LogP contribution < -0.4 is 10.6 Å². The van der Waals surface area contributed by atoms with Crippen molar-refractivity contribution in [2.75, 3.05) is 13.1 Å². The van der Waals surface area contributed by atoms with E-state index in [4.69, 9.17) is 0 Å². The standard InChI is InChI=1S/C14H21N3O3/c1-3-9-16-14(18)11(2)15-10-8-12-4-6-13(7-5-12)17(19)20/h4-7,11,15H,3,8-10H2,1-2H3,(H,16,18). The van der Waals surface area contributed by atoms with E-state index in [0.29, 0.717) is 13.1 Å². The molecule has 1 aromatic rings. The number of rotatable bonds is 8. The summed E-state index contributed by atoms with van der Waals surface area (Å²) in [5.41, 5.74) is 1.10. The number of nitrogens with one attached hydrogen (secondary N) is 2. The molecular weight excluding hydrogens is 258 g/mol. The molecule has 0 saturated carbocycles. The Morgan fingerprint density at radius 3 is 2.50 bits per heavy atom. The van der Waals surface area contributed by atoms with Gasteiger partial charge in [0.05, 0.1) is 11.0 Å². The summed E-state index contributed by atoms with van der Waals surface area (Å²) in [6.07, 6.45) is 1.64. The van der Waals surface area contributed by atoms with Crippen LogP contribution in [-0.4, -0.2) is 30.0 Å². The molecule has 0 aliphatic heterocycles. The number of carbonyl (C=O) groups is 1. The Bertz CT molecular complexity index is 445. The Hall–Kier alpha value is -1.95. The van der Waals surface area contributed by atoms with Gasteiger partial charge in [-0.1, -0.05) is 19.1 Å². The van der Waals surface area contributed by atoms with E-state index >= 15 is 0 Å². The molecule has 1 aromatic carbocycles. The number of non-ortho nitro benzene ring substituents is 1. The summed E-state index contributed by atoms with van der Waals surface area (Å²) >= 11 is 0. The molecule has 0 aliphatic carbocycles. The molecule has 0 saturated heterocycles. The minimum atomic E-state index is -0.415. The van der Waals surface area contributed by atoms with Crippen molar-refractivity contribution in [2.24, 2.45) is 0 Å². The summed E-state index contributed by atoms with van der Waals surface area (Å²) in [5.74, 6) is -0.00412. The molecule has 2 N–H and O–H groups in total. The Morgan fingerprint density at radius 1 is 1.30 bits per heavy atom. The fraction of sp³-hybridized carbons (Fsp3) is 0.500. The maximum absolute atomic E-state index is 11.6. The van der Waals surface area contributed by atoms with Gasteiger partial charge in [-0.3, -0.25) is 14.9 Å². The second-order valence-electron chi connectivity index (χ2n) is 4.64. The molecule has 110 valence electrons. The lowest BCUT2D eigenvalue weighted by Gasteiger charge is -2.13. The van der Waals surface area contributed by atoms with Crippen molar-refractivity contribution in [3.05, 3.63) is 39.9 Å². The van der Waals surface area contributed by atoms with E-state index in [9.17, 15) is 14.9 Å². The number of nitro benzene ring substituents is 1. The maximum atomic E-state index is 11.6. The van der Waals surface area contributed by atoms with Crippen molar-refractivity contribution in [2.45, 2.75) is 32.7 Å². The molecule has 1 atom stereocenters. The van der Waals surface area contributed by atoms with E-state index < -0.39 is 4.92 Å². The van der Waals surface area contributed by atoms with Crippen LogP contribution in [0.4, 0.5) is 5.69 Å². The van der Waals surface area contributed by atoms with Gasteiger partial charge in [-0.2, -0.15) is 0 Å². The van der Waals surface area contributed by atoms with Crippen LogP contribution in [0.1, 0.15) is 25.8 Å². The molecule has 1 unspecified atom stereocenters. The average molecular weight is 279 g/mol. The minimum absolute atomic E-state index is 0.00412. The molecule has 1 rings (SSSR count). The first-order valence-corrected chi connectivity index (χ1v) is 6.79. The predicted octanol–water partition coefficient (Wildman–Crippen LogP) is 1.64. The van der Waals surface area contributed by atoms with Crippen molar-refractivity contribution in [3.8, 4) is 0 Å². The Balaban J connectivity index is 2.33. The molecule has 0 spiro atoms.